The summed E-state index contributed by atoms with van der Waals surface area (Å²) in [5, 5.41) is 18.7. The molecule has 0 saturated heterocycles. The molecule has 4 nitrogen and oxygen atoms in total. The molecular formula is C18H18O4. The molecule has 0 bridgehead atoms. The maximum atomic E-state index is 12.4. The highest BCUT2D eigenvalue weighted by Gasteiger charge is 2.20. The van der Waals surface area contributed by atoms with Gasteiger partial charge in [-0.05, 0) is 11.6 Å². The first-order chi connectivity index (χ1) is 10.5. The maximum absolute atomic E-state index is 12.4. The number of carboxylic acid groups (broad SMARTS) is 1. The molecule has 0 amide bonds. The summed E-state index contributed by atoms with van der Waals surface area (Å²) in [5.41, 5.74) is 1.87. The molecule has 0 spiro atoms. The van der Waals surface area contributed by atoms with E-state index in [0.29, 0.717) is 11.1 Å². The number of aliphatic carboxylic acids is 1. The van der Waals surface area contributed by atoms with Crippen molar-refractivity contribution in [1.29, 1.82) is 0 Å². The van der Waals surface area contributed by atoms with Crippen LogP contribution in [0.4, 0.5) is 0 Å². The van der Waals surface area contributed by atoms with Crippen LogP contribution < -0.4 is 0 Å². The lowest BCUT2D eigenvalue weighted by molar-refractivity contribution is -0.139. The maximum Gasteiger partial charge on any atom is 0.305 e. The summed E-state index contributed by atoms with van der Waals surface area (Å²) in [5.74, 6) is -1.50. The number of aliphatic hydroxyl groups excluding tert-OH is 1. The van der Waals surface area contributed by atoms with E-state index in [1.807, 2.05) is 6.07 Å². The smallest absolute Gasteiger partial charge is 0.305 e. The van der Waals surface area contributed by atoms with Gasteiger partial charge in [0.2, 0.25) is 0 Å². The first-order valence-electron chi connectivity index (χ1n) is 7.08. The van der Waals surface area contributed by atoms with E-state index in [1.165, 1.54) is 0 Å². The molecular weight excluding hydrogens is 280 g/mol. The molecule has 22 heavy (non-hydrogen) atoms. The van der Waals surface area contributed by atoms with Gasteiger partial charge in [0.15, 0.2) is 5.78 Å². The Bertz CT molecular complexity index is 664. The van der Waals surface area contributed by atoms with Crippen LogP contribution in [0, 0.1) is 0 Å². The van der Waals surface area contributed by atoms with E-state index in [9.17, 15) is 14.7 Å². The zero-order valence-corrected chi connectivity index (χ0v) is 12.3. The molecule has 2 unspecified atom stereocenters. The van der Waals surface area contributed by atoms with Gasteiger partial charge in [0.25, 0.3) is 0 Å². The van der Waals surface area contributed by atoms with Crippen LogP contribution in [0.2, 0.25) is 0 Å². The standard InChI is InChI=1S/C18H18O4/c1-12(16(19)11-17(20)21)14-8-5-9-15(10-14)18(22)13-6-3-2-4-7-13/h2-10,12,16,19H,11H2,1H3,(H,20,21). The monoisotopic (exact) mass is 298 g/mol. The molecule has 2 rings (SSSR count). The molecule has 0 aliphatic rings. The molecule has 0 aromatic heterocycles. The van der Waals surface area contributed by atoms with E-state index in [1.54, 1.807) is 55.5 Å². The van der Waals surface area contributed by atoms with Crippen molar-refractivity contribution in [3.8, 4) is 0 Å². The molecule has 4 heteroatoms. The van der Waals surface area contributed by atoms with Gasteiger partial charge in [0.05, 0.1) is 12.5 Å². The van der Waals surface area contributed by atoms with Crippen molar-refractivity contribution in [2.24, 2.45) is 0 Å². The van der Waals surface area contributed by atoms with Crippen molar-refractivity contribution in [2.75, 3.05) is 0 Å². The van der Waals surface area contributed by atoms with Crippen molar-refractivity contribution in [3.63, 3.8) is 0 Å². The van der Waals surface area contributed by atoms with Gasteiger partial charge in [-0.3, -0.25) is 9.59 Å². The van der Waals surface area contributed by atoms with E-state index in [-0.39, 0.29) is 18.1 Å². The average molecular weight is 298 g/mol. The summed E-state index contributed by atoms with van der Waals surface area (Å²) in [6, 6.07) is 15.9. The highest BCUT2D eigenvalue weighted by molar-refractivity contribution is 6.09. The Kier molecular flexibility index (Phi) is 5.07. The third kappa shape index (κ3) is 3.80. The highest BCUT2D eigenvalue weighted by Crippen LogP contribution is 2.23. The number of aliphatic hydroxyl groups is 1. The van der Waals surface area contributed by atoms with Crippen LogP contribution in [0.25, 0.3) is 0 Å². The van der Waals surface area contributed by atoms with Gasteiger partial charge in [-0.25, -0.2) is 0 Å². The van der Waals surface area contributed by atoms with Crippen LogP contribution in [0.15, 0.2) is 54.6 Å². The van der Waals surface area contributed by atoms with Crippen molar-refractivity contribution in [2.45, 2.75) is 25.4 Å². The minimum Gasteiger partial charge on any atom is -0.481 e. The lowest BCUT2D eigenvalue weighted by Crippen LogP contribution is -2.20. The number of carbonyl (C=O) groups is 2. The van der Waals surface area contributed by atoms with Gasteiger partial charge in [-0.2, -0.15) is 0 Å². The van der Waals surface area contributed by atoms with Crippen LogP contribution in [0.3, 0.4) is 0 Å². The van der Waals surface area contributed by atoms with E-state index in [0.717, 1.165) is 5.56 Å². The molecule has 0 saturated carbocycles. The number of hydrogen-bond donors (Lipinski definition) is 2. The number of ketones is 1. The number of hydrogen-bond acceptors (Lipinski definition) is 3. The average Bonchev–Trinajstić information content (AvgIpc) is 2.53. The Morgan fingerprint density at radius 3 is 2.27 bits per heavy atom. The Morgan fingerprint density at radius 1 is 1.00 bits per heavy atom. The quantitative estimate of drug-likeness (QED) is 0.804. The Hall–Kier alpha value is -2.46. The third-order valence-corrected chi connectivity index (χ3v) is 3.67. The molecule has 0 fully saturated rings. The van der Waals surface area contributed by atoms with Crippen molar-refractivity contribution in [3.05, 3.63) is 71.3 Å². The lowest BCUT2D eigenvalue weighted by atomic mass is 9.91. The minimum atomic E-state index is -1.05. The fourth-order valence-electron chi connectivity index (χ4n) is 2.30. The van der Waals surface area contributed by atoms with Crippen LogP contribution in [-0.2, 0) is 4.79 Å². The zero-order valence-electron chi connectivity index (χ0n) is 12.3. The molecule has 2 aromatic rings. The van der Waals surface area contributed by atoms with Crippen molar-refractivity contribution in [1.82, 2.24) is 0 Å². The molecule has 0 radical (unpaired) electrons. The molecule has 114 valence electrons. The fourth-order valence-corrected chi connectivity index (χ4v) is 2.30. The lowest BCUT2D eigenvalue weighted by Gasteiger charge is -2.18. The highest BCUT2D eigenvalue weighted by atomic mass is 16.4. The summed E-state index contributed by atoms with van der Waals surface area (Å²) >= 11 is 0. The van der Waals surface area contributed by atoms with Gasteiger partial charge >= 0.3 is 5.97 Å². The van der Waals surface area contributed by atoms with Gasteiger partial charge in [-0.1, -0.05) is 55.5 Å². The normalized spacial score (nSPS) is 13.4. The number of carboxylic acids is 1. The third-order valence-electron chi connectivity index (χ3n) is 3.67. The van der Waals surface area contributed by atoms with Gasteiger partial charge in [-0.15, -0.1) is 0 Å². The van der Waals surface area contributed by atoms with Crippen LogP contribution in [0.5, 0.6) is 0 Å². The zero-order chi connectivity index (χ0) is 16.1. The number of benzene rings is 2. The minimum absolute atomic E-state index is 0.0950. The Labute approximate surface area is 129 Å². The van der Waals surface area contributed by atoms with Gasteiger partial charge < -0.3 is 10.2 Å². The van der Waals surface area contributed by atoms with E-state index < -0.39 is 12.1 Å². The van der Waals surface area contributed by atoms with Gasteiger partial charge in [0.1, 0.15) is 0 Å². The van der Waals surface area contributed by atoms with Crippen LogP contribution >= 0.6 is 0 Å². The molecule has 2 atom stereocenters. The summed E-state index contributed by atoms with van der Waals surface area (Å²) in [4.78, 5) is 23.1. The van der Waals surface area contributed by atoms with Gasteiger partial charge in [0, 0.05) is 17.0 Å². The van der Waals surface area contributed by atoms with E-state index >= 15 is 0 Å². The first-order valence-corrected chi connectivity index (χ1v) is 7.08. The predicted molar refractivity (Wildman–Crippen MR) is 83.0 cm³/mol. The van der Waals surface area contributed by atoms with Crippen LogP contribution in [-0.4, -0.2) is 28.1 Å². The van der Waals surface area contributed by atoms with Crippen molar-refractivity contribution < 1.29 is 19.8 Å². The van der Waals surface area contributed by atoms with E-state index in [4.69, 9.17) is 5.11 Å². The summed E-state index contributed by atoms with van der Waals surface area (Å²) in [6.07, 6.45) is -1.31. The van der Waals surface area contributed by atoms with E-state index in [2.05, 4.69) is 0 Å². The molecule has 0 aliphatic heterocycles. The molecule has 0 heterocycles. The Morgan fingerprint density at radius 2 is 1.64 bits per heavy atom. The van der Waals surface area contributed by atoms with Crippen LogP contribution in [0.1, 0.15) is 40.7 Å². The molecule has 2 aromatic carbocycles. The SMILES string of the molecule is CC(c1cccc(C(=O)c2ccccc2)c1)C(O)CC(=O)O. The summed E-state index contributed by atoms with van der Waals surface area (Å²) in [6.45, 7) is 1.75. The summed E-state index contributed by atoms with van der Waals surface area (Å²) in [7, 11) is 0. The second kappa shape index (κ2) is 7.00. The molecule has 0 aliphatic carbocycles. The topological polar surface area (TPSA) is 74.6 Å². The predicted octanol–water partition coefficient (Wildman–Crippen LogP) is 2.86. The second-order valence-corrected chi connectivity index (χ2v) is 5.27. The largest absolute Gasteiger partial charge is 0.481 e. The second-order valence-electron chi connectivity index (χ2n) is 5.27. The first kappa shape index (κ1) is 15.9. The summed E-state index contributed by atoms with van der Waals surface area (Å²) < 4.78 is 0. The number of carbonyl (C=O) groups excluding carboxylic acids is 1. The number of rotatable bonds is 6. The van der Waals surface area contributed by atoms with Crippen molar-refractivity contribution >= 4 is 11.8 Å². The molecule has 2 N–H and O–H groups in total. The Balaban J connectivity index is 2.23. The fraction of sp³-hybridized carbons (Fsp3) is 0.222.